The lowest BCUT2D eigenvalue weighted by atomic mass is 10.2. The van der Waals surface area contributed by atoms with Gasteiger partial charge in [0.05, 0.1) is 35.0 Å². The first-order valence-corrected chi connectivity index (χ1v) is 9.49. The number of hydrogen-bond acceptors (Lipinski definition) is 8. The molecule has 1 atom stereocenters. The van der Waals surface area contributed by atoms with Crippen LogP contribution >= 0.6 is 11.6 Å². The minimum absolute atomic E-state index is 0.0110. The van der Waals surface area contributed by atoms with E-state index in [1.54, 1.807) is 31.7 Å². The minimum Gasteiger partial charge on any atom is -0.354 e. The molecule has 0 aromatic carbocycles. The van der Waals surface area contributed by atoms with E-state index in [2.05, 4.69) is 40.5 Å². The summed E-state index contributed by atoms with van der Waals surface area (Å²) in [6, 6.07) is 3.68. The van der Waals surface area contributed by atoms with Crippen molar-refractivity contribution in [2.24, 2.45) is 0 Å². The topological polar surface area (TPSA) is 109 Å². The number of carbonyl (C=O) groups is 1. The first-order valence-electron chi connectivity index (χ1n) is 9.11. The molecule has 0 unspecified atom stereocenters. The quantitative estimate of drug-likeness (QED) is 0.659. The highest BCUT2D eigenvalue weighted by atomic mass is 35.5. The Balaban J connectivity index is 1.46. The fraction of sp³-hybridized carbons (Fsp3) is 0.263. The van der Waals surface area contributed by atoms with Crippen molar-refractivity contribution >= 4 is 34.7 Å². The van der Waals surface area contributed by atoms with Gasteiger partial charge in [-0.15, -0.1) is 0 Å². The van der Waals surface area contributed by atoms with Gasteiger partial charge in [-0.05, 0) is 25.5 Å². The van der Waals surface area contributed by atoms with E-state index in [9.17, 15) is 4.79 Å². The molecule has 29 heavy (non-hydrogen) atoms. The Bertz CT molecular complexity index is 999. The van der Waals surface area contributed by atoms with Gasteiger partial charge in [0, 0.05) is 25.3 Å². The van der Waals surface area contributed by atoms with Crippen LogP contribution in [0.15, 0.2) is 43.2 Å². The summed E-state index contributed by atoms with van der Waals surface area (Å²) in [4.78, 5) is 35.8. The molecule has 0 aliphatic carbocycles. The normalized spacial score (nSPS) is 15.9. The number of nitrogens with zero attached hydrogens (tertiary/aromatic N) is 6. The number of aryl methyl sites for hydroxylation is 1. The first-order chi connectivity index (χ1) is 14.1. The van der Waals surface area contributed by atoms with Crippen molar-refractivity contribution in [1.82, 2.24) is 30.2 Å². The molecule has 10 heteroatoms. The molecule has 1 saturated heterocycles. The average Bonchev–Trinajstić information content (AvgIpc) is 3.19. The molecule has 1 aliphatic heterocycles. The summed E-state index contributed by atoms with van der Waals surface area (Å²) in [7, 11) is 0. The molecule has 0 spiro atoms. The summed E-state index contributed by atoms with van der Waals surface area (Å²) in [5, 5.41) is 6.76. The van der Waals surface area contributed by atoms with Gasteiger partial charge in [-0.2, -0.15) is 0 Å². The van der Waals surface area contributed by atoms with Crippen LogP contribution in [-0.4, -0.2) is 50.0 Å². The molecule has 1 aliphatic rings. The first kappa shape index (κ1) is 19.0. The van der Waals surface area contributed by atoms with Crippen LogP contribution in [0.1, 0.15) is 22.7 Å². The Hall–Kier alpha value is -3.33. The largest absolute Gasteiger partial charge is 0.354 e. The van der Waals surface area contributed by atoms with E-state index in [0.717, 1.165) is 18.8 Å². The summed E-state index contributed by atoms with van der Waals surface area (Å²) in [5.74, 6) is 1.10. The number of rotatable bonds is 5. The fourth-order valence-corrected chi connectivity index (χ4v) is 3.26. The Morgan fingerprint density at radius 2 is 2.00 bits per heavy atom. The van der Waals surface area contributed by atoms with E-state index < -0.39 is 0 Å². The maximum absolute atomic E-state index is 12.9. The zero-order valence-electron chi connectivity index (χ0n) is 15.7. The smallest absolute Gasteiger partial charge is 0.272 e. The number of halogens is 1. The lowest BCUT2D eigenvalue weighted by molar-refractivity contribution is 0.0936. The molecule has 1 amide bonds. The average molecular weight is 411 g/mol. The molecule has 0 radical (unpaired) electrons. The van der Waals surface area contributed by atoms with Crippen molar-refractivity contribution in [3.05, 3.63) is 59.8 Å². The van der Waals surface area contributed by atoms with Crippen molar-refractivity contribution in [1.29, 1.82) is 0 Å². The summed E-state index contributed by atoms with van der Waals surface area (Å²) in [6.07, 6.45) is 8.69. The van der Waals surface area contributed by atoms with Gasteiger partial charge in [0.2, 0.25) is 0 Å². The summed E-state index contributed by atoms with van der Waals surface area (Å²) < 4.78 is 0. The van der Waals surface area contributed by atoms with Crippen LogP contribution in [0.2, 0.25) is 5.02 Å². The molecular formula is C19H19ClN8O. The highest BCUT2D eigenvalue weighted by molar-refractivity contribution is 6.30. The van der Waals surface area contributed by atoms with Crippen LogP contribution in [0.5, 0.6) is 0 Å². The number of pyridine rings is 1. The van der Waals surface area contributed by atoms with Gasteiger partial charge in [-0.3, -0.25) is 4.79 Å². The molecule has 9 nitrogen and oxygen atoms in total. The fourth-order valence-electron chi connectivity index (χ4n) is 3.15. The van der Waals surface area contributed by atoms with Gasteiger partial charge in [-0.1, -0.05) is 11.6 Å². The van der Waals surface area contributed by atoms with E-state index in [-0.39, 0.29) is 17.6 Å². The Labute approximate surface area is 172 Å². The third-order valence-electron chi connectivity index (χ3n) is 4.52. The SMILES string of the molecule is Cc1ncc(Nc2cncnc2)c(C(=O)N[C@@H]2CCN(c3ccc(Cl)cn3)C2)n1. The van der Waals surface area contributed by atoms with Gasteiger partial charge >= 0.3 is 0 Å². The minimum atomic E-state index is -0.259. The van der Waals surface area contributed by atoms with Gasteiger partial charge in [0.1, 0.15) is 18.0 Å². The van der Waals surface area contributed by atoms with Crippen molar-refractivity contribution in [2.45, 2.75) is 19.4 Å². The molecule has 4 rings (SSSR count). The molecule has 0 saturated carbocycles. The number of nitrogens with one attached hydrogen (secondary N) is 2. The second-order valence-electron chi connectivity index (χ2n) is 6.67. The molecule has 1 fully saturated rings. The zero-order valence-corrected chi connectivity index (χ0v) is 16.5. The second kappa shape index (κ2) is 8.36. The van der Waals surface area contributed by atoms with Gasteiger partial charge in [-0.25, -0.2) is 24.9 Å². The van der Waals surface area contributed by atoms with Crippen LogP contribution in [0.3, 0.4) is 0 Å². The van der Waals surface area contributed by atoms with Gasteiger partial charge < -0.3 is 15.5 Å². The lowest BCUT2D eigenvalue weighted by Crippen LogP contribution is -2.38. The predicted molar refractivity (Wildman–Crippen MR) is 109 cm³/mol. The zero-order chi connectivity index (χ0) is 20.2. The van der Waals surface area contributed by atoms with Crippen molar-refractivity contribution in [2.75, 3.05) is 23.3 Å². The molecule has 4 heterocycles. The Morgan fingerprint density at radius 3 is 2.76 bits per heavy atom. The Morgan fingerprint density at radius 1 is 1.17 bits per heavy atom. The standard InChI is InChI=1S/C19H19ClN8O/c1-12-23-9-16(26-15-7-21-11-22-8-15)18(25-12)19(29)27-14-4-5-28(10-14)17-3-2-13(20)6-24-17/h2-3,6-9,11,14,26H,4-5,10H2,1H3,(H,27,29)/t14-/m1/s1. The molecule has 2 N–H and O–H groups in total. The maximum Gasteiger partial charge on any atom is 0.272 e. The van der Waals surface area contributed by atoms with Gasteiger partial charge in [0.15, 0.2) is 5.69 Å². The van der Waals surface area contributed by atoms with Gasteiger partial charge in [0.25, 0.3) is 5.91 Å². The molecule has 0 bridgehead atoms. The summed E-state index contributed by atoms with van der Waals surface area (Å²) >= 11 is 5.91. The van der Waals surface area contributed by atoms with Crippen LogP contribution in [-0.2, 0) is 0 Å². The molecular weight excluding hydrogens is 392 g/mol. The van der Waals surface area contributed by atoms with Crippen LogP contribution in [0, 0.1) is 6.92 Å². The third-order valence-corrected chi connectivity index (χ3v) is 4.75. The predicted octanol–water partition coefficient (Wildman–Crippen LogP) is 2.38. The number of amides is 1. The maximum atomic E-state index is 12.9. The number of aromatic nitrogens is 5. The number of carbonyl (C=O) groups excluding carboxylic acids is 1. The van der Waals surface area contributed by atoms with Crippen molar-refractivity contribution in [3.8, 4) is 0 Å². The van der Waals surface area contributed by atoms with E-state index in [4.69, 9.17) is 11.6 Å². The highest BCUT2D eigenvalue weighted by Gasteiger charge is 2.26. The van der Waals surface area contributed by atoms with Crippen LogP contribution < -0.4 is 15.5 Å². The number of hydrogen-bond donors (Lipinski definition) is 2. The van der Waals surface area contributed by atoms with E-state index in [1.807, 2.05) is 12.1 Å². The summed E-state index contributed by atoms with van der Waals surface area (Å²) in [5.41, 5.74) is 1.43. The van der Waals surface area contributed by atoms with Crippen molar-refractivity contribution < 1.29 is 4.79 Å². The van der Waals surface area contributed by atoms with Crippen LogP contribution in [0.25, 0.3) is 0 Å². The van der Waals surface area contributed by atoms with E-state index in [1.165, 1.54) is 6.33 Å². The summed E-state index contributed by atoms with van der Waals surface area (Å²) in [6.45, 7) is 3.21. The second-order valence-corrected chi connectivity index (χ2v) is 7.11. The number of anilines is 3. The van der Waals surface area contributed by atoms with E-state index in [0.29, 0.717) is 28.8 Å². The van der Waals surface area contributed by atoms with Crippen LogP contribution in [0.4, 0.5) is 17.2 Å². The van der Waals surface area contributed by atoms with Crippen molar-refractivity contribution in [3.63, 3.8) is 0 Å². The molecule has 3 aromatic rings. The monoisotopic (exact) mass is 410 g/mol. The highest BCUT2D eigenvalue weighted by Crippen LogP contribution is 2.21. The third kappa shape index (κ3) is 4.57. The molecule has 3 aromatic heterocycles. The molecule has 148 valence electrons. The lowest BCUT2D eigenvalue weighted by Gasteiger charge is -2.18. The van der Waals surface area contributed by atoms with E-state index >= 15 is 0 Å². The Kier molecular flexibility index (Phi) is 5.48.